The zero-order valence-corrected chi connectivity index (χ0v) is 12.9. The smallest absolute Gasteiger partial charge is 0.243 e. The van der Waals surface area contributed by atoms with E-state index in [1.165, 1.54) is 0 Å². The van der Waals surface area contributed by atoms with Gasteiger partial charge in [-0.1, -0.05) is 0 Å². The highest BCUT2D eigenvalue weighted by Crippen LogP contribution is 2.27. The number of rotatable bonds is 3. The molecule has 6 nitrogen and oxygen atoms in total. The topological polar surface area (TPSA) is 84.8 Å². The van der Waals surface area contributed by atoms with Crippen LogP contribution in [0, 0.1) is 6.92 Å². The van der Waals surface area contributed by atoms with E-state index in [0.29, 0.717) is 24.6 Å². The Morgan fingerprint density at radius 3 is 2.48 bits per heavy atom. The average Bonchev–Trinajstić information content (AvgIpc) is 2.49. The van der Waals surface area contributed by atoms with E-state index in [1.54, 1.807) is 24.1 Å². The van der Waals surface area contributed by atoms with Gasteiger partial charge in [0.25, 0.3) is 0 Å². The molecule has 1 saturated heterocycles. The lowest BCUT2D eigenvalue weighted by Gasteiger charge is -2.34. The quantitative estimate of drug-likeness (QED) is 0.807. The number of carbonyl (C=O) groups excluding carboxylic acids is 1. The van der Waals surface area contributed by atoms with Crippen molar-refractivity contribution in [2.45, 2.75) is 19.9 Å². The molecule has 1 aliphatic rings. The minimum atomic E-state index is -0.183. The van der Waals surface area contributed by atoms with Crippen LogP contribution in [-0.4, -0.2) is 50.2 Å². The largest absolute Gasteiger partial charge is 0.397 e. The van der Waals surface area contributed by atoms with Gasteiger partial charge in [0, 0.05) is 25.8 Å². The lowest BCUT2D eigenvalue weighted by Crippen LogP contribution is -2.50. The number of amides is 1. The number of carbonyl (C=O) groups is 1. The van der Waals surface area contributed by atoms with Crippen molar-refractivity contribution in [1.29, 1.82) is 0 Å². The molecule has 1 aliphatic heterocycles. The van der Waals surface area contributed by atoms with Crippen LogP contribution in [0.2, 0.25) is 0 Å². The third-order valence-electron chi connectivity index (χ3n) is 4.04. The van der Waals surface area contributed by atoms with Crippen molar-refractivity contribution in [3.05, 3.63) is 17.7 Å². The Morgan fingerprint density at radius 2 is 1.86 bits per heavy atom. The van der Waals surface area contributed by atoms with Crippen LogP contribution in [0.5, 0.6) is 0 Å². The number of hydrogen-bond acceptors (Lipinski definition) is 5. The Hall–Kier alpha value is -1.79. The monoisotopic (exact) mass is 292 g/mol. The van der Waals surface area contributed by atoms with Gasteiger partial charge in [-0.3, -0.25) is 9.69 Å². The first-order valence-corrected chi connectivity index (χ1v) is 7.16. The maximum atomic E-state index is 12.7. The lowest BCUT2D eigenvalue weighted by atomic mass is 10.1. The van der Waals surface area contributed by atoms with Gasteiger partial charge >= 0.3 is 0 Å². The number of nitrogens with zero attached hydrogens (tertiary/aromatic N) is 2. The summed E-state index contributed by atoms with van der Waals surface area (Å²) in [6.45, 7) is 6.77. The number of nitrogens with two attached hydrogens (primary N) is 2. The van der Waals surface area contributed by atoms with Crippen LogP contribution in [0.25, 0.3) is 0 Å². The van der Waals surface area contributed by atoms with Crippen LogP contribution in [0.3, 0.4) is 0 Å². The minimum absolute atomic E-state index is 0.0455. The Kier molecular flexibility index (Phi) is 4.69. The van der Waals surface area contributed by atoms with Crippen LogP contribution in [0.15, 0.2) is 12.1 Å². The molecule has 6 heteroatoms. The summed E-state index contributed by atoms with van der Waals surface area (Å²) >= 11 is 0. The molecule has 1 fully saturated rings. The maximum Gasteiger partial charge on any atom is 0.243 e. The van der Waals surface area contributed by atoms with Gasteiger partial charge in [0.2, 0.25) is 5.91 Å². The second-order valence-corrected chi connectivity index (χ2v) is 5.49. The standard InChI is InChI=1S/C15H24N4O2/c1-10-8-12(16)13(17)9-14(10)18(3)15(20)11(2)19-4-6-21-7-5-19/h8-9,11H,4-7,16-17H2,1-3H3/t11-/m0/s1. The molecular formula is C15H24N4O2. The second kappa shape index (κ2) is 6.32. The van der Waals surface area contributed by atoms with E-state index in [1.807, 2.05) is 13.8 Å². The molecule has 2 rings (SSSR count). The number of morpholine rings is 1. The molecule has 0 spiro atoms. The van der Waals surface area contributed by atoms with E-state index in [4.69, 9.17) is 16.2 Å². The molecule has 0 bridgehead atoms. The number of ether oxygens (including phenoxy) is 1. The van der Waals surface area contributed by atoms with Crippen molar-refractivity contribution in [2.24, 2.45) is 0 Å². The number of anilines is 3. The molecule has 0 aromatic heterocycles. The second-order valence-electron chi connectivity index (χ2n) is 5.49. The van der Waals surface area contributed by atoms with E-state index < -0.39 is 0 Å². The molecule has 0 radical (unpaired) electrons. The van der Waals surface area contributed by atoms with Crippen molar-refractivity contribution < 1.29 is 9.53 Å². The number of hydrogen-bond donors (Lipinski definition) is 2. The van der Waals surface area contributed by atoms with Crippen molar-refractivity contribution in [3.8, 4) is 0 Å². The molecule has 1 atom stereocenters. The Balaban J connectivity index is 2.16. The van der Waals surface area contributed by atoms with Gasteiger partial charge in [-0.15, -0.1) is 0 Å². The fourth-order valence-electron chi connectivity index (χ4n) is 2.62. The van der Waals surface area contributed by atoms with Crippen LogP contribution < -0.4 is 16.4 Å². The van der Waals surface area contributed by atoms with E-state index in [-0.39, 0.29) is 11.9 Å². The fourth-order valence-corrected chi connectivity index (χ4v) is 2.62. The molecule has 1 heterocycles. The molecule has 1 amide bonds. The fraction of sp³-hybridized carbons (Fsp3) is 0.533. The van der Waals surface area contributed by atoms with E-state index in [9.17, 15) is 4.79 Å². The van der Waals surface area contributed by atoms with E-state index in [2.05, 4.69) is 4.90 Å². The first-order valence-electron chi connectivity index (χ1n) is 7.16. The van der Waals surface area contributed by atoms with Crippen molar-refractivity contribution in [2.75, 3.05) is 49.7 Å². The molecular weight excluding hydrogens is 268 g/mol. The molecule has 4 N–H and O–H groups in total. The summed E-state index contributed by atoms with van der Waals surface area (Å²) in [7, 11) is 1.78. The summed E-state index contributed by atoms with van der Waals surface area (Å²) < 4.78 is 5.33. The Labute approximate surface area is 125 Å². The van der Waals surface area contributed by atoms with Gasteiger partial charge in [0.05, 0.1) is 30.6 Å². The molecule has 0 unspecified atom stereocenters. The molecule has 21 heavy (non-hydrogen) atoms. The highest BCUT2D eigenvalue weighted by atomic mass is 16.5. The van der Waals surface area contributed by atoms with Gasteiger partial charge < -0.3 is 21.1 Å². The van der Waals surface area contributed by atoms with Gasteiger partial charge in [-0.2, -0.15) is 0 Å². The summed E-state index contributed by atoms with van der Waals surface area (Å²) in [5, 5.41) is 0. The number of aryl methyl sites for hydroxylation is 1. The third kappa shape index (κ3) is 3.28. The van der Waals surface area contributed by atoms with Crippen LogP contribution >= 0.6 is 0 Å². The average molecular weight is 292 g/mol. The Bertz CT molecular complexity index is 527. The third-order valence-corrected chi connectivity index (χ3v) is 4.04. The molecule has 0 aliphatic carbocycles. The van der Waals surface area contributed by atoms with Gasteiger partial charge in [-0.25, -0.2) is 0 Å². The van der Waals surface area contributed by atoms with E-state index in [0.717, 1.165) is 24.3 Å². The highest BCUT2D eigenvalue weighted by Gasteiger charge is 2.27. The maximum absolute atomic E-state index is 12.7. The summed E-state index contributed by atoms with van der Waals surface area (Å²) in [6.07, 6.45) is 0. The molecule has 116 valence electrons. The highest BCUT2D eigenvalue weighted by molar-refractivity contribution is 5.98. The SMILES string of the molecule is Cc1cc(N)c(N)cc1N(C)C(=O)[C@H](C)N1CCOCC1. The molecule has 0 saturated carbocycles. The van der Waals surface area contributed by atoms with Gasteiger partial charge in [0.1, 0.15) is 0 Å². The number of benzene rings is 1. The predicted molar refractivity (Wildman–Crippen MR) is 85.3 cm³/mol. The van der Waals surface area contributed by atoms with Crippen LogP contribution in [0.4, 0.5) is 17.1 Å². The molecule has 1 aromatic rings. The summed E-state index contributed by atoms with van der Waals surface area (Å²) in [5.74, 6) is 0.0455. The number of likely N-dealkylation sites (N-methyl/N-ethyl adjacent to an activating group) is 1. The van der Waals surface area contributed by atoms with E-state index >= 15 is 0 Å². The van der Waals surface area contributed by atoms with Crippen LogP contribution in [0.1, 0.15) is 12.5 Å². The molecule has 1 aromatic carbocycles. The first-order chi connectivity index (χ1) is 9.91. The van der Waals surface area contributed by atoms with Crippen molar-refractivity contribution >= 4 is 23.0 Å². The lowest BCUT2D eigenvalue weighted by molar-refractivity contribution is -0.124. The normalized spacial score (nSPS) is 17.5. The minimum Gasteiger partial charge on any atom is -0.397 e. The zero-order valence-electron chi connectivity index (χ0n) is 12.9. The summed E-state index contributed by atoms with van der Waals surface area (Å²) in [4.78, 5) is 16.5. The van der Waals surface area contributed by atoms with Gasteiger partial charge in [-0.05, 0) is 31.5 Å². The predicted octanol–water partition coefficient (Wildman–Crippen LogP) is 0.843. The van der Waals surface area contributed by atoms with Crippen molar-refractivity contribution in [3.63, 3.8) is 0 Å². The zero-order chi connectivity index (χ0) is 15.6. The Morgan fingerprint density at radius 1 is 1.29 bits per heavy atom. The van der Waals surface area contributed by atoms with Gasteiger partial charge in [0.15, 0.2) is 0 Å². The first kappa shape index (κ1) is 15.6. The van der Waals surface area contributed by atoms with Crippen LogP contribution in [-0.2, 0) is 9.53 Å². The summed E-state index contributed by atoms with van der Waals surface area (Å²) in [5.41, 5.74) is 14.4. The van der Waals surface area contributed by atoms with Crippen molar-refractivity contribution in [1.82, 2.24) is 4.90 Å². The number of nitrogen functional groups attached to an aromatic ring is 2. The summed E-state index contributed by atoms with van der Waals surface area (Å²) in [6, 6.07) is 3.37.